The summed E-state index contributed by atoms with van der Waals surface area (Å²) in [6.07, 6.45) is 2.27. The Bertz CT molecular complexity index is 446. The van der Waals surface area contributed by atoms with Gasteiger partial charge in [0.15, 0.2) is 5.78 Å². The normalized spacial score (nSPS) is 20.0. The highest BCUT2D eigenvalue weighted by Crippen LogP contribution is 2.33. The molecule has 0 bridgehead atoms. The highest BCUT2D eigenvalue weighted by Gasteiger charge is 2.27. The molecule has 5 heteroatoms. The fourth-order valence-corrected chi connectivity index (χ4v) is 3.63. The maximum Gasteiger partial charge on any atom is 0.179 e. The van der Waals surface area contributed by atoms with E-state index in [4.69, 9.17) is 23.2 Å². The largest absolute Gasteiger partial charge is 0.296 e. The third-order valence-electron chi connectivity index (χ3n) is 3.53. The van der Waals surface area contributed by atoms with Crippen LogP contribution in [0.15, 0.2) is 6.07 Å². The smallest absolute Gasteiger partial charge is 0.179 e. The molecule has 100 valence electrons. The number of ketones is 1. The molecule has 0 unspecified atom stereocenters. The van der Waals surface area contributed by atoms with Gasteiger partial charge in [0.25, 0.3) is 0 Å². The molecule has 1 fully saturated rings. The minimum atomic E-state index is 0.0721. The van der Waals surface area contributed by atoms with Crippen molar-refractivity contribution in [3.63, 3.8) is 0 Å². The maximum atomic E-state index is 12.1. The average Bonchev–Trinajstić information content (AvgIpc) is 2.61. The number of rotatable bonds is 3. The van der Waals surface area contributed by atoms with Crippen molar-refractivity contribution in [2.24, 2.45) is 5.41 Å². The van der Waals surface area contributed by atoms with Crippen molar-refractivity contribution in [2.45, 2.75) is 26.7 Å². The first-order chi connectivity index (χ1) is 8.37. The van der Waals surface area contributed by atoms with Crippen LogP contribution in [0.25, 0.3) is 0 Å². The lowest BCUT2D eigenvalue weighted by Gasteiger charge is -2.36. The molecular formula is C13H17Cl2NOS. The van der Waals surface area contributed by atoms with Gasteiger partial charge in [-0.2, -0.15) is 0 Å². The summed E-state index contributed by atoms with van der Waals surface area (Å²) < 4.78 is 1.07. The second kappa shape index (κ2) is 5.49. The summed E-state index contributed by atoms with van der Waals surface area (Å²) in [7, 11) is 0. The number of likely N-dealkylation sites (tertiary alicyclic amines) is 1. The van der Waals surface area contributed by atoms with E-state index in [2.05, 4.69) is 18.7 Å². The fourth-order valence-electron chi connectivity index (χ4n) is 2.14. The van der Waals surface area contributed by atoms with Gasteiger partial charge in [-0.05, 0) is 37.4 Å². The second-order valence-electron chi connectivity index (χ2n) is 5.60. The molecule has 2 rings (SSSR count). The average molecular weight is 306 g/mol. The van der Waals surface area contributed by atoms with Crippen LogP contribution in [0.1, 0.15) is 37.0 Å². The van der Waals surface area contributed by atoms with E-state index < -0.39 is 0 Å². The standard InChI is InChI=1S/C13H17Cl2NOS/c1-13(2)3-5-16(6-4-13)8-10(17)9-7-11(14)18-12(9)15/h7H,3-6,8H2,1-2H3. The summed E-state index contributed by atoms with van der Waals surface area (Å²) in [5.41, 5.74) is 0.972. The Kier molecular flexibility index (Phi) is 4.37. The summed E-state index contributed by atoms with van der Waals surface area (Å²) in [5.74, 6) is 0.0721. The van der Waals surface area contributed by atoms with Crippen LogP contribution in [0.3, 0.4) is 0 Å². The monoisotopic (exact) mass is 305 g/mol. The summed E-state index contributed by atoms with van der Waals surface area (Å²) in [6, 6.07) is 1.67. The number of hydrogen-bond acceptors (Lipinski definition) is 3. The highest BCUT2D eigenvalue weighted by molar-refractivity contribution is 7.20. The van der Waals surface area contributed by atoms with Crippen LogP contribution in [-0.4, -0.2) is 30.3 Å². The Morgan fingerprint density at radius 3 is 2.50 bits per heavy atom. The van der Waals surface area contributed by atoms with Crippen LogP contribution in [0.2, 0.25) is 8.67 Å². The Morgan fingerprint density at radius 1 is 1.39 bits per heavy atom. The summed E-state index contributed by atoms with van der Waals surface area (Å²) in [4.78, 5) is 14.3. The second-order valence-corrected chi connectivity index (χ2v) is 7.89. The molecule has 1 saturated heterocycles. The van der Waals surface area contributed by atoms with Gasteiger partial charge in [-0.3, -0.25) is 9.69 Å². The van der Waals surface area contributed by atoms with Crippen LogP contribution in [0.4, 0.5) is 0 Å². The quantitative estimate of drug-likeness (QED) is 0.773. The third-order valence-corrected chi connectivity index (χ3v) is 5.02. The topological polar surface area (TPSA) is 20.3 Å². The number of nitrogens with zero attached hydrogens (tertiary/aromatic N) is 1. The Hall–Kier alpha value is -0.0900. The number of thiophene rings is 1. The van der Waals surface area contributed by atoms with E-state index in [-0.39, 0.29) is 5.78 Å². The van der Waals surface area contributed by atoms with Gasteiger partial charge in [0, 0.05) is 0 Å². The van der Waals surface area contributed by atoms with Crippen molar-refractivity contribution < 1.29 is 4.79 Å². The Labute approximate surface area is 122 Å². The van der Waals surface area contributed by atoms with Gasteiger partial charge in [-0.15, -0.1) is 11.3 Å². The van der Waals surface area contributed by atoms with E-state index in [0.717, 1.165) is 25.9 Å². The maximum absolute atomic E-state index is 12.1. The minimum Gasteiger partial charge on any atom is -0.296 e. The van der Waals surface area contributed by atoms with E-state index in [1.807, 2.05) is 0 Å². The predicted octanol–water partition coefficient (Wildman–Crippen LogP) is 4.36. The van der Waals surface area contributed by atoms with Gasteiger partial charge in [0.1, 0.15) is 4.34 Å². The zero-order chi connectivity index (χ0) is 13.3. The molecule has 2 nitrogen and oxygen atoms in total. The molecule has 1 aromatic rings. The number of carbonyl (C=O) groups excluding carboxylic acids is 1. The number of Topliss-reactive ketones (excluding diaryl/α,β-unsaturated/α-hetero) is 1. The van der Waals surface area contributed by atoms with E-state index >= 15 is 0 Å². The van der Waals surface area contributed by atoms with E-state index in [1.54, 1.807) is 6.07 Å². The molecule has 1 aliphatic heterocycles. The van der Waals surface area contributed by atoms with Crippen LogP contribution < -0.4 is 0 Å². The summed E-state index contributed by atoms with van der Waals surface area (Å²) in [6.45, 7) is 6.97. The minimum absolute atomic E-state index is 0.0721. The van der Waals surface area contributed by atoms with Gasteiger partial charge in [-0.25, -0.2) is 0 Å². The van der Waals surface area contributed by atoms with Crippen molar-refractivity contribution in [2.75, 3.05) is 19.6 Å². The van der Waals surface area contributed by atoms with Crippen molar-refractivity contribution in [3.05, 3.63) is 20.3 Å². The van der Waals surface area contributed by atoms with E-state index in [0.29, 0.717) is 26.2 Å². The van der Waals surface area contributed by atoms with Gasteiger partial charge >= 0.3 is 0 Å². The number of halogens is 2. The van der Waals surface area contributed by atoms with Gasteiger partial charge in [0.2, 0.25) is 0 Å². The molecule has 0 aromatic carbocycles. The SMILES string of the molecule is CC1(C)CCN(CC(=O)c2cc(Cl)sc2Cl)CC1. The van der Waals surface area contributed by atoms with Crippen molar-refractivity contribution in [3.8, 4) is 0 Å². The molecule has 0 N–H and O–H groups in total. The Morgan fingerprint density at radius 2 is 2.00 bits per heavy atom. The molecule has 0 saturated carbocycles. The fraction of sp³-hybridized carbons (Fsp3) is 0.615. The zero-order valence-corrected chi connectivity index (χ0v) is 13.0. The van der Waals surface area contributed by atoms with Crippen molar-refractivity contribution in [1.82, 2.24) is 4.90 Å². The highest BCUT2D eigenvalue weighted by atomic mass is 35.5. The van der Waals surface area contributed by atoms with Crippen molar-refractivity contribution >= 4 is 40.3 Å². The molecule has 1 aliphatic rings. The predicted molar refractivity (Wildman–Crippen MR) is 78.1 cm³/mol. The third kappa shape index (κ3) is 3.47. The molecule has 18 heavy (non-hydrogen) atoms. The van der Waals surface area contributed by atoms with Crippen LogP contribution >= 0.6 is 34.5 Å². The Balaban J connectivity index is 1.95. The molecular weight excluding hydrogens is 289 g/mol. The summed E-state index contributed by atoms with van der Waals surface area (Å²) in [5, 5.41) is 0. The van der Waals surface area contributed by atoms with Gasteiger partial charge < -0.3 is 0 Å². The van der Waals surface area contributed by atoms with Crippen molar-refractivity contribution in [1.29, 1.82) is 0 Å². The van der Waals surface area contributed by atoms with E-state index in [1.165, 1.54) is 11.3 Å². The molecule has 2 heterocycles. The number of hydrogen-bond donors (Lipinski definition) is 0. The van der Waals surface area contributed by atoms with Crippen LogP contribution in [0.5, 0.6) is 0 Å². The zero-order valence-electron chi connectivity index (χ0n) is 10.6. The number of piperidine rings is 1. The molecule has 0 atom stereocenters. The lowest BCUT2D eigenvalue weighted by atomic mass is 9.82. The molecule has 0 radical (unpaired) electrons. The molecule has 0 amide bonds. The molecule has 1 aromatic heterocycles. The van der Waals surface area contributed by atoms with Gasteiger partial charge in [-0.1, -0.05) is 37.0 Å². The first kappa shape index (κ1) is 14.3. The molecule has 0 aliphatic carbocycles. The first-order valence-electron chi connectivity index (χ1n) is 6.08. The number of carbonyl (C=O) groups is 1. The summed E-state index contributed by atoms with van der Waals surface area (Å²) >= 11 is 13.1. The molecule has 0 spiro atoms. The van der Waals surface area contributed by atoms with Crippen LogP contribution in [0, 0.1) is 5.41 Å². The lowest BCUT2D eigenvalue weighted by Crippen LogP contribution is -2.40. The first-order valence-corrected chi connectivity index (χ1v) is 7.65. The van der Waals surface area contributed by atoms with Crippen LogP contribution in [-0.2, 0) is 0 Å². The van der Waals surface area contributed by atoms with Gasteiger partial charge in [0.05, 0.1) is 16.4 Å². The van der Waals surface area contributed by atoms with E-state index in [9.17, 15) is 4.79 Å². The lowest BCUT2D eigenvalue weighted by molar-refractivity contribution is 0.0846.